The lowest BCUT2D eigenvalue weighted by Gasteiger charge is -2.26. The number of carbonyl (C=O) groups is 1. The summed E-state index contributed by atoms with van der Waals surface area (Å²) in [5, 5.41) is 9.63. The SMILES string of the molecule is CN1C(=O)C(c2ccc(O)cc2)(c2ccc(F)c(-c3cncnc3)c2)N=C1N. The Morgan fingerprint density at radius 3 is 2.32 bits per heavy atom. The Bertz CT molecular complexity index is 1090. The molecule has 1 aromatic heterocycles. The molecule has 1 atom stereocenters. The van der Waals surface area contributed by atoms with Crippen LogP contribution in [-0.2, 0) is 10.3 Å². The molecule has 0 saturated carbocycles. The fourth-order valence-electron chi connectivity index (χ4n) is 3.30. The topological polar surface area (TPSA) is 105 Å². The zero-order chi connectivity index (χ0) is 19.9. The smallest absolute Gasteiger partial charge is 0.266 e. The first kappa shape index (κ1) is 17.6. The summed E-state index contributed by atoms with van der Waals surface area (Å²) in [5.41, 5.74) is 6.12. The second-order valence-electron chi connectivity index (χ2n) is 6.41. The van der Waals surface area contributed by atoms with Gasteiger partial charge in [-0.15, -0.1) is 0 Å². The van der Waals surface area contributed by atoms with Crippen molar-refractivity contribution in [3.8, 4) is 16.9 Å². The average Bonchev–Trinajstić information content (AvgIpc) is 2.94. The van der Waals surface area contributed by atoms with Crippen molar-refractivity contribution in [1.82, 2.24) is 14.9 Å². The molecule has 2 aromatic carbocycles. The number of guanidine groups is 1. The van der Waals surface area contributed by atoms with Crippen molar-refractivity contribution in [3.63, 3.8) is 0 Å². The molecule has 7 nitrogen and oxygen atoms in total. The van der Waals surface area contributed by atoms with E-state index in [0.29, 0.717) is 16.7 Å². The molecule has 2 heterocycles. The van der Waals surface area contributed by atoms with Crippen molar-refractivity contribution in [2.45, 2.75) is 5.54 Å². The molecule has 0 fully saturated rings. The van der Waals surface area contributed by atoms with Crippen LogP contribution in [0.15, 0.2) is 66.2 Å². The number of carbonyl (C=O) groups excluding carboxylic acids is 1. The highest BCUT2D eigenvalue weighted by Gasteiger charge is 2.49. The van der Waals surface area contributed by atoms with Crippen LogP contribution in [0.4, 0.5) is 4.39 Å². The largest absolute Gasteiger partial charge is 0.508 e. The minimum Gasteiger partial charge on any atom is -0.508 e. The van der Waals surface area contributed by atoms with E-state index in [0.717, 1.165) is 0 Å². The lowest BCUT2D eigenvalue weighted by atomic mass is 9.81. The molecule has 0 spiro atoms. The van der Waals surface area contributed by atoms with Gasteiger partial charge in [0.05, 0.1) is 0 Å². The maximum Gasteiger partial charge on any atom is 0.266 e. The van der Waals surface area contributed by atoms with Crippen molar-refractivity contribution in [2.75, 3.05) is 7.05 Å². The van der Waals surface area contributed by atoms with Crippen molar-refractivity contribution >= 4 is 11.9 Å². The number of halogens is 1. The fourth-order valence-corrected chi connectivity index (χ4v) is 3.30. The average molecular weight is 377 g/mol. The van der Waals surface area contributed by atoms with E-state index in [1.54, 1.807) is 18.2 Å². The molecule has 0 saturated heterocycles. The number of rotatable bonds is 3. The minimum absolute atomic E-state index is 0.0481. The van der Waals surface area contributed by atoms with Gasteiger partial charge in [0, 0.05) is 30.6 Å². The van der Waals surface area contributed by atoms with Crippen LogP contribution in [0, 0.1) is 5.82 Å². The second kappa shape index (κ2) is 6.41. The molecule has 1 unspecified atom stereocenters. The van der Waals surface area contributed by atoms with Gasteiger partial charge in [-0.3, -0.25) is 9.69 Å². The predicted octanol–water partition coefficient (Wildman–Crippen LogP) is 2.02. The molecule has 140 valence electrons. The number of likely N-dealkylation sites (N-methyl/N-ethyl adjacent to an activating group) is 1. The Morgan fingerprint density at radius 2 is 1.71 bits per heavy atom. The summed E-state index contributed by atoms with van der Waals surface area (Å²) < 4.78 is 14.5. The molecule has 3 N–H and O–H groups in total. The first-order chi connectivity index (χ1) is 13.4. The normalized spacial score (nSPS) is 19.0. The molecule has 1 aliphatic heterocycles. The third-order valence-electron chi connectivity index (χ3n) is 4.78. The van der Waals surface area contributed by atoms with E-state index in [9.17, 15) is 14.3 Å². The molecule has 1 aliphatic rings. The van der Waals surface area contributed by atoms with Crippen LogP contribution in [0.2, 0.25) is 0 Å². The number of nitrogens with two attached hydrogens (primary N) is 1. The number of phenolic OH excluding ortho intramolecular Hbond substituents is 1. The maximum atomic E-state index is 14.5. The van der Waals surface area contributed by atoms with E-state index in [2.05, 4.69) is 15.0 Å². The van der Waals surface area contributed by atoms with Crippen LogP contribution in [0.5, 0.6) is 5.75 Å². The number of amides is 1. The second-order valence-corrected chi connectivity index (χ2v) is 6.41. The van der Waals surface area contributed by atoms with E-state index in [-0.39, 0.29) is 23.2 Å². The number of hydrogen-bond donors (Lipinski definition) is 2. The van der Waals surface area contributed by atoms with Crippen LogP contribution in [0.25, 0.3) is 11.1 Å². The highest BCUT2D eigenvalue weighted by molar-refractivity contribution is 6.09. The molecule has 0 aliphatic carbocycles. The Balaban J connectivity index is 1.97. The zero-order valence-electron chi connectivity index (χ0n) is 14.9. The number of hydrogen-bond acceptors (Lipinski definition) is 6. The quantitative estimate of drug-likeness (QED) is 0.727. The summed E-state index contributed by atoms with van der Waals surface area (Å²) in [6, 6.07) is 10.4. The summed E-state index contributed by atoms with van der Waals surface area (Å²) in [6.07, 6.45) is 4.33. The maximum absolute atomic E-state index is 14.5. The van der Waals surface area contributed by atoms with Gasteiger partial charge in [-0.05, 0) is 35.4 Å². The van der Waals surface area contributed by atoms with E-state index in [1.165, 1.54) is 54.9 Å². The number of aromatic nitrogens is 2. The monoisotopic (exact) mass is 377 g/mol. The van der Waals surface area contributed by atoms with Gasteiger partial charge < -0.3 is 10.8 Å². The Morgan fingerprint density at radius 1 is 1.07 bits per heavy atom. The highest BCUT2D eigenvalue weighted by atomic mass is 19.1. The van der Waals surface area contributed by atoms with E-state index in [4.69, 9.17) is 5.73 Å². The van der Waals surface area contributed by atoms with Gasteiger partial charge >= 0.3 is 0 Å². The number of nitrogens with zero attached hydrogens (tertiary/aromatic N) is 4. The fraction of sp³-hybridized carbons (Fsp3) is 0.100. The van der Waals surface area contributed by atoms with E-state index in [1.807, 2.05) is 0 Å². The molecule has 8 heteroatoms. The van der Waals surface area contributed by atoms with Crippen LogP contribution >= 0.6 is 0 Å². The third-order valence-corrected chi connectivity index (χ3v) is 4.78. The molecule has 28 heavy (non-hydrogen) atoms. The first-order valence-corrected chi connectivity index (χ1v) is 8.42. The molecule has 1 amide bonds. The van der Waals surface area contributed by atoms with Gasteiger partial charge in [-0.1, -0.05) is 18.2 Å². The summed E-state index contributed by atoms with van der Waals surface area (Å²) in [5.74, 6) is -0.754. The lowest BCUT2D eigenvalue weighted by Crippen LogP contribution is -2.41. The summed E-state index contributed by atoms with van der Waals surface area (Å²) in [6.45, 7) is 0. The summed E-state index contributed by atoms with van der Waals surface area (Å²) in [7, 11) is 1.53. The van der Waals surface area contributed by atoms with Crippen LogP contribution < -0.4 is 5.73 Å². The van der Waals surface area contributed by atoms with Gasteiger partial charge in [-0.25, -0.2) is 19.4 Å². The molecule has 3 aromatic rings. The minimum atomic E-state index is -1.48. The summed E-state index contributed by atoms with van der Waals surface area (Å²) in [4.78, 5) is 26.8. The van der Waals surface area contributed by atoms with Gasteiger partial charge in [0.2, 0.25) is 0 Å². The summed E-state index contributed by atoms with van der Waals surface area (Å²) >= 11 is 0. The Hall–Kier alpha value is -3.81. The highest BCUT2D eigenvalue weighted by Crippen LogP contribution is 2.41. The van der Waals surface area contributed by atoms with Gasteiger partial charge in [-0.2, -0.15) is 0 Å². The Labute approximate surface area is 160 Å². The lowest BCUT2D eigenvalue weighted by molar-refractivity contribution is -0.129. The molecule has 0 bridgehead atoms. The number of phenols is 1. The molecule has 0 radical (unpaired) electrons. The van der Waals surface area contributed by atoms with Crippen LogP contribution in [-0.4, -0.2) is 38.9 Å². The van der Waals surface area contributed by atoms with Crippen molar-refractivity contribution in [1.29, 1.82) is 0 Å². The van der Waals surface area contributed by atoms with Crippen molar-refractivity contribution < 1.29 is 14.3 Å². The first-order valence-electron chi connectivity index (χ1n) is 8.42. The number of aliphatic imine (C=N–C) groups is 1. The van der Waals surface area contributed by atoms with Gasteiger partial charge in [0.1, 0.15) is 17.9 Å². The number of benzene rings is 2. The molecule has 4 rings (SSSR count). The zero-order valence-corrected chi connectivity index (χ0v) is 14.9. The van der Waals surface area contributed by atoms with Gasteiger partial charge in [0.25, 0.3) is 5.91 Å². The molecular formula is C20H16FN5O2. The van der Waals surface area contributed by atoms with Crippen molar-refractivity contribution in [3.05, 3.63) is 78.1 Å². The standard InChI is InChI=1S/C20H16FN5O2/c1-26-18(28)20(25-19(26)22,13-2-5-15(27)6-3-13)14-4-7-17(21)16(8-14)12-9-23-11-24-10-12/h2-11,27H,1H3,(H2,22,25). The Kier molecular flexibility index (Phi) is 4.03. The van der Waals surface area contributed by atoms with Crippen molar-refractivity contribution in [2.24, 2.45) is 10.7 Å². The van der Waals surface area contributed by atoms with Crippen LogP contribution in [0.3, 0.4) is 0 Å². The molecular weight excluding hydrogens is 361 g/mol. The third kappa shape index (κ3) is 2.58. The van der Waals surface area contributed by atoms with Gasteiger partial charge in [0.15, 0.2) is 11.5 Å². The number of aromatic hydroxyl groups is 1. The predicted molar refractivity (Wildman–Crippen MR) is 101 cm³/mol. The van der Waals surface area contributed by atoms with E-state index < -0.39 is 11.4 Å². The van der Waals surface area contributed by atoms with E-state index >= 15 is 0 Å². The van der Waals surface area contributed by atoms with Crippen LogP contribution in [0.1, 0.15) is 11.1 Å².